The van der Waals surface area contributed by atoms with E-state index in [1.54, 1.807) is 38.2 Å². The van der Waals surface area contributed by atoms with Crippen LogP contribution in [0.15, 0.2) is 72.8 Å². The molecular weight excluding hydrogens is 463 g/mol. The fourth-order valence-corrected chi connectivity index (χ4v) is 3.77. The Hall–Kier alpha value is -3.91. The number of rotatable bonds is 12. The van der Waals surface area contributed by atoms with E-state index < -0.39 is 12.0 Å². The van der Waals surface area contributed by atoms with Crippen LogP contribution in [-0.4, -0.2) is 50.7 Å². The lowest BCUT2D eigenvalue weighted by Crippen LogP contribution is -2.41. The molecule has 0 spiro atoms. The quantitative estimate of drug-likeness (QED) is 0.382. The van der Waals surface area contributed by atoms with Gasteiger partial charge in [0.2, 0.25) is 5.91 Å². The fourth-order valence-electron chi connectivity index (χ4n) is 3.77. The predicted molar refractivity (Wildman–Crippen MR) is 134 cm³/mol. The largest absolute Gasteiger partial charge is 0.497 e. The number of carbonyl (C=O) groups is 2. The Morgan fingerprint density at radius 2 is 1.36 bits per heavy atom. The lowest BCUT2D eigenvalue weighted by atomic mass is 9.98. The van der Waals surface area contributed by atoms with E-state index in [1.165, 1.54) is 12.1 Å². The first-order valence-electron chi connectivity index (χ1n) is 11.6. The van der Waals surface area contributed by atoms with E-state index in [0.717, 1.165) is 16.7 Å². The minimum atomic E-state index is -0.440. The zero-order valence-electron chi connectivity index (χ0n) is 20.7. The number of esters is 1. The summed E-state index contributed by atoms with van der Waals surface area (Å²) in [6.45, 7) is 2.12. The van der Waals surface area contributed by atoms with E-state index in [4.69, 9.17) is 14.2 Å². The Kier molecular flexibility index (Phi) is 9.82. The Morgan fingerprint density at radius 1 is 0.833 bits per heavy atom. The molecule has 0 bridgehead atoms. The monoisotopic (exact) mass is 494 g/mol. The second-order valence-corrected chi connectivity index (χ2v) is 8.12. The molecule has 0 saturated carbocycles. The molecule has 0 aromatic heterocycles. The molecule has 0 fully saturated rings. The van der Waals surface area contributed by atoms with Gasteiger partial charge in [-0.1, -0.05) is 36.4 Å². The predicted octanol–water partition coefficient (Wildman–Crippen LogP) is 4.11. The molecule has 8 heteroatoms. The maximum Gasteiger partial charge on any atom is 0.320 e. The van der Waals surface area contributed by atoms with E-state index in [1.807, 2.05) is 48.5 Å². The van der Waals surface area contributed by atoms with Crippen LogP contribution < -0.4 is 14.8 Å². The van der Waals surface area contributed by atoms with Crippen molar-refractivity contribution < 1.29 is 28.2 Å². The van der Waals surface area contributed by atoms with Gasteiger partial charge in [0.15, 0.2) is 0 Å². The Labute approximate surface area is 210 Å². The van der Waals surface area contributed by atoms with Crippen LogP contribution in [0, 0.1) is 5.82 Å². The number of hydrogen-bond donors (Lipinski definition) is 1. The van der Waals surface area contributed by atoms with Crippen molar-refractivity contribution in [1.82, 2.24) is 10.2 Å². The van der Waals surface area contributed by atoms with Crippen molar-refractivity contribution in [3.05, 3.63) is 95.3 Å². The highest BCUT2D eigenvalue weighted by molar-refractivity contribution is 5.80. The first-order chi connectivity index (χ1) is 17.4. The summed E-state index contributed by atoms with van der Waals surface area (Å²) in [5.74, 6) is 0.347. The van der Waals surface area contributed by atoms with Crippen LogP contribution in [0.1, 0.15) is 29.7 Å². The van der Waals surface area contributed by atoms with Gasteiger partial charge in [-0.15, -0.1) is 0 Å². The lowest BCUT2D eigenvalue weighted by molar-refractivity contribution is -0.144. The molecule has 3 rings (SSSR count). The summed E-state index contributed by atoms with van der Waals surface area (Å²) in [6.07, 6.45) is 0. The van der Waals surface area contributed by atoms with Gasteiger partial charge in [-0.2, -0.15) is 0 Å². The first-order valence-corrected chi connectivity index (χ1v) is 11.6. The van der Waals surface area contributed by atoms with Crippen molar-refractivity contribution in [3.8, 4) is 11.5 Å². The third-order valence-electron chi connectivity index (χ3n) is 5.55. The summed E-state index contributed by atoms with van der Waals surface area (Å²) in [6, 6.07) is 20.4. The second-order valence-electron chi connectivity index (χ2n) is 8.12. The standard InChI is InChI=1S/C28H31FN2O5/c1-4-36-27(33)19-31(17-20-5-11-23(29)12-6-20)18-26(32)30-28(21-7-13-24(34-2)14-8-21)22-9-15-25(35-3)16-10-22/h5-16,28H,4,17-19H2,1-3H3,(H,30,32). The van der Waals surface area contributed by atoms with Crippen molar-refractivity contribution in [2.45, 2.75) is 19.5 Å². The van der Waals surface area contributed by atoms with Crippen LogP contribution in [-0.2, 0) is 20.9 Å². The van der Waals surface area contributed by atoms with Gasteiger partial charge in [-0.25, -0.2) is 4.39 Å². The lowest BCUT2D eigenvalue weighted by Gasteiger charge is -2.24. The molecule has 0 radical (unpaired) electrons. The van der Waals surface area contributed by atoms with Gasteiger partial charge >= 0.3 is 5.97 Å². The van der Waals surface area contributed by atoms with Gasteiger partial charge in [0, 0.05) is 6.54 Å². The van der Waals surface area contributed by atoms with Crippen LogP contribution >= 0.6 is 0 Å². The molecule has 1 amide bonds. The van der Waals surface area contributed by atoms with Gasteiger partial charge < -0.3 is 19.5 Å². The highest BCUT2D eigenvalue weighted by Crippen LogP contribution is 2.26. The fraction of sp³-hybridized carbons (Fsp3) is 0.286. The Balaban J connectivity index is 1.80. The van der Waals surface area contributed by atoms with E-state index >= 15 is 0 Å². The minimum Gasteiger partial charge on any atom is -0.497 e. The number of halogens is 1. The number of carbonyl (C=O) groups excluding carboxylic acids is 2. The van der Waals surface area contributed by atoms with E-state index in [2.05, 4.69) is 5.32 Å². The number of ether oxygens (including phenoxy) is 3. The third kappa shape index (κ3) is 7.81. The van der Waals surface area contributed by atoms with Crippen molar-refractivity contribution in [2.75, 3.05) is 33.9 Å². The van der Waals surface area contributed by atoms with E-state index in [0.29, 0.717) is 11.5 Å². The van der Waals surface area contributed by atoms with E-state index in [-0.39, 0.29) is 38.0 Å². The minimum absolute atomic E-state index is 0.0565. The molecule has 36 heavy (non-hydrogen) atoms. The van der Waals surface area contributed by atoms with Crippen molar-refractivity contribution >= 4 is 11.9 Å². The van der Waals surface area contributed by atoms with Crippen LogP contribution in [0.25, 0.3) is 0 Å². The summed E-state index contributed by atoms with van der Waals surface area (Å²) in [4.78, 5) is 27.1. The topological polar surface area (TPSA) is 77.1 Å². The summed E-state index contributed by atoms with van der Waals surface area (Å²) in [7, 11) is 3.19. The first kappa shape index (κ1) is 26.7. The highest BCUT2D eigenvalue weighted by atomic mass is 19.1. The van der Waals surface area contributed by atoms with Gasteiger partial charge in [-0.3, -0.25) is 14.5 Å². The molecule has 0 aliphatic heterocycles. The number of nitrogens with one attached hydrogen (secondary N) is 1. The molecule has 0 atom stereocenters. The molecule has 1 N–H and O–H groups in total. The number of nitrogens with zero attached hydrogens (tertiary/aromatic N) is 1. The number of hydrogen-bond acceptors (Lipinski definition) is 6. The van der Waals surface area contributed by atoms with Crippen molar-refractivity contribution in [1.29, 1.82) is 0 Å². The Morgan fingerprint density at radius 3 is 1.83 bits per heavy atom. The molecule has 3 aromatic carbocycles. The molecular formula is C28H31FN2O5. The average molecular weight is 495 g/mol. The molecule has 190 valence electrons. The van der Waals surface area contributed by atoms with Gasteiger partial charge in [0.1, 0.15) is 17.3 Å². The van der Waals surface area contributed by atoms with Gasteiger partial charge in [-0.05, 0) is 60.0 Å². The van der Waals surface area contributed by atoms with Gasteiger partial charge in [0.25, 0.3) is 0 Å². The van der Waals surface area contributed by atoms with E-state index in [9.17, 15) is 14.0 Å². The number of benzene rings is 3. The normalized spacial score (nSPS) is 10.8. The maximum absolute atomic E-state index is 13.3. The molecule has 0 aliphatic carbocycles. The molecule has 0 aliphatic rings. The zero-order valence-corrected chi connectivity index (χ0v) is 20.7. The molecule has 3 aromatic rings. The number of amides is 1. The van der Waals surface area contributed by atoms with Crippen LogP contribution in [0.3, 0.4) is 0 Å². The average Bonchev–Trinajstić information content (AvgIpc) is 2.89. The summed E-state index contributed by atoms with van der Waals surface area (Å²) in [5.41, 5.74) is 2.50. The van der Waals surface area contributed by atoms with Crippen LogP contribution in [0.5, 0.6) is 11.5 Å². The SMILES string of the molecule is CCOC(=O)CN(CC(=O)NC(c1ccc(OC)cc1)c1ccc(OC)cc1)Cc1ccc(F)cc1. The number of methoxy groups -OCH3 is 2. The zero-order chi connectivity index (χ0) is 25.9. The van der Waals surface area contributed by atoms with Crippen LogP contribution in [0.4, 0.5) is 4.39 Å². The second kappa shape index (κ2) is 13.3. The highest BCUT2D eigenvalue weighted by Gasteiger charge is 2.21. The molecule has 0 unspecified atom stereocenters. The molecule has 0 saturated heterocycles. The molecule has 0 heterocycles. The summed E-state index contributed by atoms with van der Waals surface area (Å²) >= 11 is 0. The summed E-state index contributed by atoms with van der Waals surface area (Å²) < 4.78 is 28.9. The smallest absolute Gasteiger partial charge is 0.320 e. The van der Waals surface area contributed by atoms with Crippen molar-refractivity contribution in [2.24, 2.45) is 0 Å². The van der Waals surface area contributed by atoms with Gasteiger partial charge in [0.05, 0.1) is 40.0 Å². The third-order valence-corrected chi connectivity index (χ3v) is 5.55. The van der Waals surface area contributed by atoms with Crippen LogP contribution in [0.2, 0.25) is 0 Å². The Bertz CT molecular complexity index is 1070. The van der Waals surface area contributed by atoms with Crippen molar-refractivity contribution in [3.63, 3.8) is 0 Å². The summed E-state index contributed by atoms with van der Waals surface area (Å²) in [5, 5.41) is 3.08. The maximum atomic E-state index is 13.3. The molecule has 7 nitrogen and oxygen atoms in total.